The summed E-state index contributed by atoms with van der Waals surface area (Å²) in [6.45, 7) is 6.51. The van der Waals surface area contributed by atoms with Crippen LogP contribution >= 0.6 is 0 Å². The maximum atomic E-state index is 3.67. The third-order valence-electron chi connectivity index (χ3n) is 3.97. The van der Waals surface area contributed by atoms with Crippen LogP contribution in [-0.4, -0.2) is 6.04 Å². The molecule has 0 amide bonds. The Morgan fingerprint density at radius 3 is 2.45 bits per heavy atom. The van der Waals surface area contributed by atoms with Crippen molar-refractivity contribution >= 4 is 11.4 Å². The van der Waals surface area contributed by atoms with E-state index in [0.29, 0.717) is 12.1 Å². The molecule has 0 spiro atoms. The lowest BCUT2D eigenvalue weighted by Crippen LogP contribution is -2.29. The molecule has 2 atom stereocenters. The summed E-state index contributed by atoms with van der Waals surface area (Å²) >= 11 is 0. The van der Waals surface area contributed by atoms with Gasteiger partial charge in [0, 0.05) is 17.4 Å². The normalized spacial score (nSPS) is 20.9. The summed E-state index contributed by atoms with van der Waals surface area (Å²) < 4.78 is 0. The maximum Gasteiger partial charge on any atom is 0.0553 e. The molecule has 0 saturated carbocycles. The SMILES string of the molecule is Cc1ccc(N[C@@H]2C[C@@H](C)Nc3cc(C)ccc32)cc1. The Morgan fingerprint density at radius 1 is 1.00 bits per heavy atom. The zero-order chi connectivity index (χ0) is 14.1. The lowest BCUT2D eigenvalue weighted by Gasteiger charge is -2.32. The van der Waals surface area contributed by atoms with E-state index in [1.54, 1.807) is 0 Å². The monoisotopic (exact) mass is 266 g/mol. The molecule has 1 aliphatic rings. The first-order chi connectivity index (χ1) is 9.61. The molecule has 2 N–H and O–H groups in total. The minimum Gasteiger partial charge on any atom is -0.382 e. The molecule has 20 heavy (non-hydrogen) atoms. The van der Waals surface area contributed by atoms with E-state index in [1.807, 2.05) is 0 Å². The molecule has 0 aliphatic carbocycles. The van der Waals surface area contributed by atoms with E-state index < -0.39 is 0 Å². The van der Waals surface area contributed by atoms with Gasteiger partial charge in [0.1, 0.15) is 0 Å². The highest BCUT2D eigenvalue weighted by molar-refractivity contribution is 5.60. The molecule has 104 valence electrons. The standard InChI is InChI=1S/C18H22N2/c1-12-4-7-15(8-5-12)20-18-11-14(3)19-17-10-13(2)6-9-16(17)18/h4-10,14,18-20H,11H2,1-3H3/t14-,18-/m1/s1. The van der Waals surface area contributed by atoms with Crippen molar-refractivity contribution in [1.82, 2.24) is 0 Å². The number of hydrogen-bond donors (Lipinski definition) is 2. The van der Waals surface area contributed by atoms with Crippen molar-refractivity contribution in [3.8, 4) is 0 Å². The van der Waals surface area contributed by atoms with Crippen molar-refractivity contribution in [3.05, 3.63) is 59.2 Å². The molecule has 0 radical (unpaired) electrons. The average molecular weight is 266 g/mol. The first kappa shape index (κ1) is 13.0. The van der Waals surface area contributed by atoms with Crippen LogP contribution < -0.4 is 10.6 Å². The van der Waals surface area contributed by atoms with Crippen LogP contribution in [0.15, 0.2) is 42.5 Å². The van der Waals surface area contributed by atoms with E-state index >= 15 is 0 Å². The first-order valence-electron chi connectivity index (χ1n) is 7.32. The fourth-order valence-electron chi connectivity index (χ4n) is 2.89. The van der Waals surface area contributed by atoms with Gasteiger partial charge in [0.15, 0.2) is 0 Å². The molecule has 0 unspecified atom stereocenters. The van der Waals surface area contributed by atoms with Gasteiger partial charge in [-0.05, 0) is 56.5 Å². The lowest BCUT2D eigenvalue weighted by atomic mass is 9.92. The second kappa shape index (κ2) is 5.20. The fraction of sp³-hybridized carbons (Fsp3) is 0.333. The summed E-state index contributed by atoms with van der Waals surface area (Å²) in [6, 6.07) is 16.2. The number of nitrogens with one attached hydrogen (secondary N) is 2. The molecule has 2 aromatic carbocycles. The van der Waals surface area contributed by atoms with Crippen LogP contribution in [0.1, 0.15) is 36.1 Å². The minimum atomic E-state index is 0.379. The Labute approximate surface area is 121 Å². The first-order valence-corrected chi connectivity index (χ1v) is 7.32. The van der Waals surface area contributed by atoms with E-state index in [0.717, 1.165) is 6.42 Å². The second-order valence-electron chi connectivity index (χ2n) is 5.93. The largest absolute Gasteiger partial charge is 0.382 e. The van der Waals surface area contributed by atoms with Crippen LogP contribution in [0.5, 0.6) is 0 Å². The Kier molecular flexibility index (Phi) is 3.39. The third-order valence-corrected chi connectivity index (χ3v) is 3.97. The van der Waals surface area contributed by atoms with Crippen molar-refractivity contribution in [2.45, 2.75) is 39.3 Å². The molecule has 2 aromatic rings. The number of hydrogen-bond acceptors (Lipinski definition) is 2. The van der Waals surface area contributed by atoms with E-state index in [-0.39, 0.29) is 0 Å². The van der Waals surface area contributed by atoms with E-state index in [9.17, 15) is 0 Å². The topological polar surface area (TPSA) is 24.1 Å². The molecule has 3 rings (SSSR count). The Balaban J connectivity index is 1.88. The number of anilines is 2. The minimum absolute atomic E-state index is 0.379. The van der Waals surface area contributed by atoms with Crippen molar-refractivity contribution in [1.29, 1.82) is 0 Å². The van der Waals surface area contributed by atoms with Gasteiger partial charge < -0.3 is 10.6 Å². The molecular formula is C18H22N2. The van der Waals surface area contributed by atoms with Gasteiger partial charge in [0.2, 0.25) is 0 Å². The predicted molar refractivity (Wildman–Crippen MR) is 86.4 cm³/mol. The number of benzene rings is 2. The van der Waals surface area contributed by atoms with Gasteiger partial charge >= 0.3 is 0 Å². The Bertz CT molecular complexity index is 601. The highest BCUT2D eigenvalue weighted by Crippen LogP contribution is 2.35. The van der Waals surface area contributed by atoms with Gasteiger partial charge in [-0.3, -0.25) is 0 Å². The third kappa shape index (κ3) is 2.64. The van der Waals surface area contributed by atoms with E-state index in [1.165, 1.54) is 28.1 Å². The molecule has 0 fully saturated rings. The molecule has 1 heterocycles. The second-order valence-corrected chi connectivity index (χ2v) is 5.93. The molecule has 0 aromatic heterocycles. The highest BCUT2D eigenvalue weighted by Gasteiger charge is 2.23. The molecule has 2 nitrogen and oxygen atoms in total. The number of fused-ring (bicyclic) bond motifs is 1. The maximum absolute atomic E-state index is 3.67. The average Bonchev–Trinajstić information content (AvgIpc) is 2.40. The van der Waals surface area contributed by atoms with Crippen molar-refractivity contribution in [2.24, 2.45) is 0 Å². The van der Waals surface area contributed by atoms with Crippen LogP contribution in [-0.2, 0) is 0 Å². The van der Waals surface area contributed by atoms with Gasteiger partial charge in [-0.1, -0.05) is 29.8 Å². The van der Waals surface area contributed by atoms with E-state index in [2.05, 4.69) is 73.9 Å². The van der Waals surface area contributed by atoms with Gasteiger partial charge in [0.05, 0.1) is 6.04 Å². The molecule has 0 saturated heterocycles. The number of aryl methyl sites for hydroxylation is 2. The zero-order valence-electron chi connectivity index (χ0n) is 12.4. The van der Waals surface area contributed by atoms with Gasteiger partial charge in [-0.25, -0.2) is 0 Å². The summed E-state index contributed by atoms with van der Waals surface area (Å²) in [6.07, 6.45) is 1.10. The molecular weight excluding hydrogens is 244 g/mol. The summed E-state index contributed by atoms with van der Waals surface area (Å²) in [5, 5.41) is 7.26. The van der Waals surface area contributed by atoms with Crippen LogP contribution in [0.3, 0.4) is 0 Å². The van der Waals surface area contributed by atoms with Crippen LogP contribution in [0, 0.1) is 13.8 Å². The van der Waals surface area contributed by atoms with Gasteiger partial charge in [-0.15, -0.1) is 0 Å². The molecule has 2 heteroatoms. The molecule has 0 bridgehead atoms. The smallest absolute Gasteiger partial charge is 0.0553 e. The summed E-state index contributed by atoms with van der Waals surface area (Å²) in [5.74, 6) is 0. The summed E-state index contributed by atoms with van der Waals surface area (Å²) in [7, 11) is 0. The zero-order valence-corrected chi connectivity index (χ0v) is 12.4. The Hall–Kier alpha value is -1.96. The quantitative estimate of drug-likeness (QED) is 0.826. The number of rotatable bonds is 2. The van der Waals surface area contributed by atoms with Crippen LogP contribution in [0.4, 0.5) is 11.4 Å². The fourth-order valence-corrected chi connectivity index (χ4v) is 2.89. The van der Waals surface area contributed by atoms with Crippen molar-refractivity contribution < 1.29 is 0 Å². The van der Waals surface area contributed by atoms with Crippen molar-refractivity contribution in [2.75, 3.05) is 10.6 Å². The predicted octanol–water partition coefficient (Wildman–Crippen LogP) is 4.66. The van der Waals surface area contributed by atoms with Crippen LogP contribution in [0.2, 0.25) is 0 Å². The van der Waals surface area contributed by atoms with Gasteiger partial charge in [-0.2, -0.15) is 0 Å². The van der Waals surface area contributed by atoms with Crippen molar-refractivity contribution in [3.63, 3.8) is 0 Å². The Morgan fingerprint density at radius 2 is 1.70 bits per heavy atom. The summed E-state index contributed by atoms with van der Waals surface area (Å²) in [5.41, 5.74) is 6.44. The van der Waals surface area contributed by atoms with Crippen LogP contribution in [0.25, 0.3) is 0 Å². The highest BCUT2D eigenvalue weighted by atomic mass is 15.0. The van der Waals surface area contributed by atoms with Gasteiger partial charge in [0.25, 0.3) is 0 Å². The van der Waals surface area contributed by atoms with E-state index in [4.69, 9.17) is 0 Å². The molecule has 1 aliphatic heterocycles. The summed E-state index contributed by atoms with van der Waals surface area (Å²) in [4.78, 5) is 0. The lowest BCUT2D eigenvalue weighted by molar-refractivity contribution is 0.599.